The van der Waals surface area contributed by atoms with E-state index < -0.39 is 11.6 Å². The first-order valence-electron chi connectivity index (χ1n) is 6.79. The van der Waals surface area contributed by atoms with Gasteiger partial charge in [-0.1, -0.05) is 0 Å². The molecule has 1 fully saturated rings. The number of hydrogen-bond acceptors (Lipinski definition) is 3. The van der Waals surface area contributed by atoms with E-state index in [1.165, 1.54) is 6.07 Å². The lowest BCUT2D eigenvalue weighted by atomic mass is 10.2. The van der Waals surface area contributed by atoms with Crippen molar-refractivity contribution in [3.8, 4) is 0 Å². The molecule has 1 aromatic carbocycles. The van der Waals surface area contributed by atoms with Crippen molar-refractivity contribution in [1.82, 2.24) is 14.5 Å². The van der Waals surface area contributed by atoms with Crippen molar-refractivity contribution < 1.29 is 13.5 Å². The van der Waals surface area contributed by atoms with Gasteiger partial charge in [-0.2, -0.15) is 0 Å². The lowest BCUT2D eigenvalue weighted by Crippen LogP contribution is -2.42. The van der Waals surface area contributed by atoms with Gasteiger partial charge in [-0.05, 0) is 19.2 Å². The number of alkyl halides is 1. The van der Waals surface area contributed by atoms with Gasteiger partial charge in [-0.3, -0.25) is 0 Å². The van der Waals surface area contributed by atoms with Crippen molar-refractivity contribution in [2.45, 2.75) is 18.5 Å². The Balaban J connectivity index is 2.01. The molecule has 4 nitrogen and oxygen atoms in total. The average molecular weight is 316 g/mol. The SMILES string of the molecule is CN1CCOC(Cn2c(CCl)nc3ccc(F)c(F)c32)C1. The van der Waals surface area contributed by atoms with Gasteiger partial charge in [0, 0.05) is 13.1 Å². The van der Waals surface area contributed by atoms with Gasteiger partial charge in [0.25, 0.3) is 0 Å². The maximum atomic E-state index is 14.1. The quantitative estimate of drug-likeness (QED) is 0.815. The number of rotatable bonds is 3. The number of halogens is 3. The fourth-order valence-electron chi connectivity index (χ4n) is 2.68. The molecule has 114 valence electrons. The van der Waals surface area contributed by atoms with Gasteiger partial charge in [-0.15, -0.1) is 11.6 Å². The molecule has 1 aromatic heterocycles. The highest BCUT2D eigenvalue weighted by atomic mass is 35.5. The van der Waals surface area contributed by atoms with E-state index in [1.807, 2.05) is 7.05 Å². The minimum absolute atomic E-state index is 0.0919. The number of fused-ring (bicyclic) bond motifs is 1. The van der Waals surface area contributed by atoms with Gasteiger partial charge < -0.3 is 14.2 Å². The van der Waals surface area contributed by atoms with Crippen molar-refractivity contribution in [2.24, 2.45) is 0 Å². The Hall–Kier alpha value is -1.24. The van der Waals surface area contributed by atoms with Crippen molar-refractivity contribution in [2.75, 3.05) is 26.7 Å². The first-order valence-corrected chi connectivity index (χ1v) is 7.33. The first-order chi connectivity index (χ1) is 10.1. The second kappa shape index (κ2) is 5.87. The number of nitrogens with zero attached hydrogens (tertiary/aromatic N) is 3. The standard InChI is InChI=1S/C14H16ClF2N3O/c1-19-4-5-21-9(7-19)8-20-12(6-15)18-11-3-2-10(16)13(17)14(11)20/h2-3,9H,4-8H2,1H3. The van der Waals surface area contributed by atoms with Gasteiger partial charge in [0.15, 0.2) is 11.6 Å². The Labute approximate surface area is 126 Å². The maximum Gasteiger partial charge on any atom is 0.184 e. The van der Waals surface area contributed by atoms with Crippen molar-refractivity contribution in [3.05, 3.63) is 29.6 Å². The number of likely N-dealkylation sites (N-methyl/N-ethyl adjacent to an activating group) is 1. The third-order valence-corrected chi connectivity index (χ3v) is 3.97. The highest BCUT2D eigenvalue weighted by Gasteiger charge is 2.23. The van der Waals surface area contributed by atoms with E-state index in [0.29, 0.717) is 24.5 Å². The number of ether oxygens (including phenoxy) is 1. The third kappa shape index (κ3) is 2.75. The second-order valence-electron chi connectivity index (χ2n) is 5.26. The van der Waals surface area contributed by atoms with Crippen LogP contribution < -0.4 is 0 Å². The van der Waals surface area contributed by atoms with Crippen LogP contribution in [0, 0.1) is 11.6 Å². The van der Waals surface area contributed by atoms with Gasteiger partial charge in [0.2, 0.25) is 0 Å². The van der Waals surface area contributed by atoms with Crippen LogP contribution in [0.25, 0.3) is 11.0 Å². The van der Waals surface area contributed by atoms with Gasteiger partial charge in [0.1, 0.15) is 11.3 Å². The number of imidazole rings is 1. The van der Waals surface area contributed by atoms with E-state index in [2.05, 4.69) is 9.88 Å². The molecule has 1 unspecified atom stereocenters. The van der Waals surface area contributed by atoms with Crippen LogP contribution in [0.4, 0.5) is 8.78 Å². The van der Waals surface area contributed by atoms with Crippen LogP contribution in [-0.4, -0.2) is 47.3 Å². The number of aromatic nitrogens is 2. The van der Waals surface area contributed by atoms with Gasteiger partial charge in [-0.25, -0.2) is 13.8 Å². The van der Waals surface area contributed by atoms with E-state index in [0.717, 1.165) is 19.2 Å². The monoisotopic (exact) mass is 315 g/mol. The lowest BCUT2D eigenvalue weighted by molar-refractivity contribution is -0.0272. The van der Waals surface area contributed by atoms with E-state index in [1.54, 1.807) is 4.57 Å². The van der Waals surface area contributed by atoms with Gasteiger partial charge >= 0.3 is 0 Å². The molecular formula is C14H16ClF2N3O. The highest BCUT2D eigenvalue weighted by Crippen LogP contribution is 2.24. The molecule has 0 amide bonds. The molecule has 0 N–H and O–H groups in total. The fourth-order valence-corrected chi connectivity index (χ4v) is 2.89. The highest BCUT2D eigenvalue weighted by molar-refractivity contribution is 6.16. The zero-order valence-corrected chi connectivity index (χ0v) is 12.4. The zero-order chi connectivity index (χ0) is 15.0. The summed E-state index contributed by atoms with van der Waals surface area (Å²) in [5.74, 6) is -1.11. The Morgan fingerprint density at radius 1 is 1.43 bits per heavy atom. The Morgan fingerprint density at radius 2 is 2.24 bits per heavy atom. The van der Waals surface area contributed by atoms with Gasteiger partial charge in [0.05, 0.1) is 30.7 Å². The largest absolute Gasteiger partial charge is 0.374 e. The summed E-state index contributed by atoms with van der Waals surface area (Å²) in [5.41, 5.74) is 0.566. The normalized spacial score (nSPS) is 20.3. The number of morpholine rings is 1. The summed E-state index contributed by atoms with van der Waals surface area (Å²) in [6.07, 6.45) is -0.0919. The zero-order valence-electron chi connectivity index (χ0n) is 11.7. The molecule has 7 heteroatoms. The molecule has 0 aliphatic carbocycles. The third-order valence-electron chi connectivity index (χ3n) is 3.73. The van der Waals surface area contributed by atoms with Crippen molar-refractivity contribution >= 4 is 22.6 Å². The minimum atomic E-state index is -0.888. The predicted octanol–water partition coefficient (Wildman–Crippen LogP) is 2.38. The molecule has 1 aliphatic rings. The summed E-state index contributed by atoms with van der Waals surface area (Å²) in [7, 11) is 2.00. The van der Waals surface area contributed by atoms with Crippen LogP contribution >= 0.6 is 11.6 Å². The van der Waals surface area contributed by atoms with Crippen molar-refractivity contribution in [1.29, 1.82) is 0 Å². The molecule has 0 radical (unpaired) electrons. The Kier molecular flexibility index (Phi) is 4.10. The number of benzene rings is 1. The fraction of sp³-hybridized carbons (Fsp3) is 0.500. The molecule has 2 heterocycles. The summed E-state index contributed by atoms with van der Waals surface area (Å²) in [6.45, 7) is 2.63. The summed E-state index contributed by atoms with van der Waals surface area (Å²) < 4.78 is 34.9. The molecular weight excluding hydrogens is 300 g/mol. The van der Waals surface area contributed by atoms with Crippen LogP contribution in [0.15, 0.2) is 12.1 Å². The van der Waals surface area contributed by atoms with Crippen LogP contribution in [0.1, 0.15) is 5.82 Å². The maximum absolute atomic E-state index is 14.1. The molecule has 0 saturated carbocycles. The minimum Gasteiger partial charge on any atom is -0.374 e. The second-order valence-corrected chi connectivity index (χ2v) is 5.52. The smallest absolute Gasteiger partial charge is 0.184 e. The molecule has 21 heavy (non-hydrogen) atoms. The van der Waals surface area contributed by atoms with Crippen LogP contribution in [0.5, 0.6) is 0 Å². The van der Waals surface area contributed by atoms with Crippen molar-refractivity contribution in [3.63, 3.8) is 0 Å². The molecule has 0 spiro atoms. The molecule has 0 bridgehead atoms. The average Bonchev–Trinajstić information content (AvgIpc) is 2.81. The number of hydrogen-bond donors (Lipinski definition) is 0. The van der Waals surface area contributed by atoms with Crippen LogP contribution in [0.3, 0.4) is 0 Å². The summed E-state index contributed by atoms with van der Waals surface area (Å²) in [5, 5.41) is 0. The topological polar surface area (TPSA) is 30.3 Å². The molecule has 3 rings (SSSR count). The lowest BCUT2D eigenvalue weighted by Gasteiger charge is -2.30. The summed E-state index contributed by atoms with van der Waals surface area (Å²) >= 11 is 5.89. The van der Waals surface area contributed by atoms with E-state index in [9.17, 15) is 8.78 Å². The Morgan fingerprint density at radius 3 is 2.95 bits per heavy atom. The first kappa shape index (κ1) is 14.7. The summed E-state index contributed by atoms with van der Waals surface area (Å²) in [6, 6.07) is 2.55. The molecule has 2 aromatic rings. The summed E-state index contributed by atoms with van der Waals surface area (Å²) in [4.78, 5) is 6.42. The predicted molar refractivity (Wildman–Crippen MR) is 76.4 cm³/mol. The van der Waals surface area contributed by atoms with E-state index in [-0.39, 0.29) is 17.5 Å². The van der Waals surface area contributed by atoms with Crippen LogP contribution in [0.2, 0.25) is 0 Å². The van der Waals surface area contributed by atoms with E-state index >= 15 is 0 Å². The van der Waals surface area contributed by atoms with E-state index in [4.69, 9.17) is 16.3 Å². The van der Waals surface area contributed by atoms with Crippen LogP contribution in [-0.2, 0) is 17.2 Å². The molecule has 1 saturated heterocycles. The molecule has 1 atom stereocenters. The Bertz CT molecular complexity index is 661. The molecule has 1 aliphatic heterocycles.